The maximum absolute atomic E-state index is 6.78. The summed E-state index contributed by atoms with van der Waals surface area (Å²) < 4.78 is 26.8. The summed E-state index contributed by atoms with van der Waals surface area (Å²) in [6.07, 6.45) is 24.2. The van der Waals surface area contributed by atoms with Gasteiger partial charge < -0.3 is 18.9 Å². The summed E-state index contributed by atoms with van der Waals surface area (Å²) in [5.41, 5.74) is 13.3. The van der Waals surface area contributed by atoms with Crippen LogP contribution in [0.3, 0.4) is 0 Å². The summed E-state index contributed by atoms with van der Waals surface area (Å²) in [6.45, 7) is 11.0. The molecule has 5 aliphatic rings. The van der Waals surface area contributed by atoms with Crippen LogP contribution in [0.15, 0.2) is 188 Å². The third-order valence-corrected chi connectivity index (χ3v) is 12.1. The van der Waals surface area contributed by atoms with E-state index >= 15 is 0 Å². The van der Waals surface area contributed by atoms with Crippen molar-refractivity contribution in [1.29, 1.82) is 0 Å². The van der Waals surface area contributed by atoms with E-state index in [1.54, 1.807) is 0 Å². The first kappa shape index (κ1) is 48.6. The Balaban J connectivity index is 0.00000642. The predicted molar refractivity (Wildman–Crippen MR) is 281 cm³/mol. The number of nitrogens with zero attached hydrogens (tertiary/aromatic N) is 4. The number of allylic oxidation sites excluding steroid dienone is 12. The average Bonchev–Trinajstić information content (AvgIpc) is 4.18. The van der Waals surface area contributed by atoms with Crippen molar-refractivity contribution in [3.8, 4) is 23.0 Å². The molecule has 9 rings (SSSR count). The van der Waals surface area contributed by atoms with Crippen LogP contribution in [-0.4, -0.2) is 49.3 Å². The maximum Gasteiger partial charge on any atom is 0.127 e. The molecule has 0 aromatic heterocycles. The fourth-order valence-electron chi connectivity index (χ4n) is 8.65. The molecular weight excluding hydrogens is 904 g/mol. The topological polar surface area (TPSA) is 86.4 Å². The van der Waals surface area contributed by atoms with Crippen molar-refractivity contribution < 1.29 is 36.0 Å². The smallest absolute Gasteiger partial charge is 0.127 e. The van der Waals surface area contributed by atoms with Gasteiger partial charge in [0.05, 0.1) is 72.1 Å². The van der Waals surface area contributed by atoms with Crippen molar-refractivity contribution in [2.45, 2.75) is 79.1 Å². The first-order valence-corrected chi connectivity index (χ1v) is 24.5. The molecule has 1 radical (unpaired) electrons. The van der Waals surface area contributed by atoms with E-state index < -0.39 is 0 Å². The number of hydrogen-bond acceptors (Lipinski definition) is 8. The first-order chi connectivity index (χ1) is 33.6. The van der Waals surface area contributed by atoms with Crippen LogP contribution < -0.4 is 18.9 Å². The second-order valence-electron chi connectivity index (χ2n) is 17.2. The van der Waals surface area contributed by atoms with E-state index in [0.29, 0.717) is 26.4 Å². The molecule has 355 valence electrons. The average molecular weight is 965 g/mol. The Morgan fingerprint density at radius 2 is 0.783 bits per heavy atom. The standard InChI is InChI=1S/C60H60N4O4.Cu/c1-5-9-33-65-52-25-17-13-21-46(52)50-39-45-38-43-30-29-41(61-43)37-42-31-32-44(62-42)40-51-56(47-22-14-18-26-53(47)66-34-10-6-2)57(48-23-15-19-27-54(48)67-35-11-7-3)60(64-51)58(59(50)63-45)49-24-16-20-28-55(49)68-36-12-8-4;/h13-32,37-40H,5-12,33-36H2,1-4H3;. The number of benzene rings is 4. The molecule has 69 heavy (non-hydrogen) atoms. The molecule has 9 heteroatoms. The summed E-state index contributed by atoms with van der Waals surface area (Å²) >= 11 is 0. The SMILES string of the molecule is CCCCOc1ccccc1C1=CC2=CC3=NC(=CC4=NC(=CC5=NC(=C(c6ccccc6OCCCC)C1=N2)C(c1ccccc1OCCCC)=C5c1ccccc1OCCCC)C=C4)C=C3.[Cu]. The van der Waals surface area contributed by atoms with Crippen LogP contribution >= 0.6 is 0 Å². The summed E-state index contributed by atoms with van der Waals surface area (Å²) in [7, 11) is 0. The minimum atomic E-state index is 0. The fourth-order valence-corrected chi connectivity index (χ4v) is 8.65. The Labute approximate surface area is 418 Å². The molecule has 0 atom stereocenters. The zero-order valence-electron chi connectivity index (χ0n) is 40.1. The fraction of sp³-hybridized carbons (Fsp3) is 0.267. The normalized spacial score (nSPS) is 15.7. The third kappa shape index (κ3) is 11.1. The van der Waals surface area contributed by atoms with Crippen LogP contribution in [0, 0.1) is 0 Å². The van der Waals surface area contributed by atoms with Crippen LogP contribution in [0.25, 0.3) is 22.3 Å². The van der Waals surface area contributed by atoms with Crippen LogP contribution in [-0.2, 0) is 17.1 Å². The van der Waals surface area contributed by atoms with Gasteiger partial charge in [-0.05, 0) is 98.6 Å². The number of ether oxygens (including phenoxy) is 4. The maximum atomic E-state index is 6.78. The Morgan fingerprint density at radius 3 is 1.28 bits per heavy atom. The molecule has 0 unspecified atom stereocenters. The van der Waals surface area contributed by atoms with Crippen LogP contribution in [0.4, 0.5) is 0 Å². The molecule has 0 fully saturated rings. The van der Waals surface area contributed by atoms with E-state index in [1.807, 2.05) is 60.7 Å². The zero-order chi connectivity index (χ0) is 46.7. The van der Waals surface area contributed by atoms with Gasteiger partial charge >= 0.3 is 0 Å². The minimum absolute atomic E-state index is 0. The van der Waals surface area contributed by atoms with E-state index in [-0.39, 0.29) is 17.1 Å². The van der Waals surface area contributed by atoms with Crippen LogP contribution in [0.2, 0.25) is 0 Å². The summed E-state index contributed by atoms with van der Waals surface area (Å²) in [4.78, 5) is 21.6. The molecule has 0 aliphatic carbocycles. The van der Waals surface area contributed by atoms with Gasteiger partial charge in [-0.1, -0.05) is 126 Å². The molecule has 0 amide bonds. The van der Waals surface area contributed by atoms with Crippen molar-refractivity contribution in [1.82, 2.24) is 0 Å². The molecular formula is C60H60CuN4O4. The van der Waals surface area contributed by atoms with Gasteiger partial charge in [-0.2, -0.15) is 0 Å². The number of para-hydroxylation sites is 4. The predicted octanol–water partition coefficient (Wildman–Crippen LogP) is 14.4. The molecule has 8 nitrogen and oxygen atoms in total. The Kier molecular flexibility index (Phi) is 16.6. The number of rotatable bonds is 20. The van der Waals surface area contributed by atoms with Gasteiger partial charge in [0.25, 0.3) is 0 Å². The van der Waals surface area contributed by atoms with Gasteiger partial charge in [0, 0.05) is 61.6 Å². The van der Waals surface area contributed by atoms with E-state index in [0.717, 1.165) is 165 Å². The van der Waals surface area contributed by atoms with E-state index in [2.05, 4.69) is 113 Å². The molecule has 0 saturated carbocycles. The molecule has 5 aliphatic heterocycles. The van der Waals surface area contributed by atoms with Gasteiger partial charge in [-0.25, -0.2) is 20.0 Å². The van der Waals surface area contributed by atoms with Crippen molar-refractivity contribution in [3.63, 3.8) is 0 Å². The Hall–Kier alpha value is -6.80. The number of fused-ring (bicyclic) bond motifs is 4. The third-order valence-electron chi connectivity index (χ3n) is 12.1. The van der Waals surface area contributed by atoms with Crippen molar-refractivity contribution in [3.05, 3.63) is 191 Å². The molecule has 0 N–H and O–H groups in total. The number of hydrogen-bond donors (Lipinski definition) is 0. The molecule has 5 heterocycles. The summed E-state index contributed by atoms with van der Waals surface area (Å²) in [5, 5.41) is 0. The second-order valence-corrected chi connectivity index (χ2v) is 17.2. The largest absolute Gasteiger partial charge is 0.493 e. The molecule has 0 spiro atoms. The first-order valence-electron chi connectivity index (χ1n) is 24.5. The molecule has 0 saturated heterocycles. The van der Waals surface area contributed by atoms with Crippen LogP contribution in [0.5, 0.6) is 23.0 Å². The second kappa shape index (κ2) is 23.5. The van der Waals surface area contributed by atoms with Crippen molar-refractivity contribution in [2.75, 3.05) is 26.4 Å². The molecule has 4 aromatic rings. The monoisotopic (exact) mass is 963 g/mol. The van der Waals surface area contributed by atoms with Crippen molar-refractivity contribution in [2.24, 2.45) is 20.0 Å². The zero-order valence-corrected chi connectivity index (χ0v) is 41.0. The Morgan fingerprint density at radius 1 is 0.377 bits per heavy atom. The van der Waals surface area contributed by atoms with Gasteiger partial charge in [-0.15, -0.1) is 0 Å². The van der Waals surface area contributed by atoms with Gasteiger partial charge in [0.2, 0.25) is 0 Å². The van der Waals surface area contributed by atoms with Gasteiger partial charge in [0.1, 0.15) is 23.0 Å². The van der Waals surface area contributed by atoms with Crippen molar-refractivity contribution >= 4 is 45.1 Å². The quantitative estimate of drug-likeness (QED) is 0.0652. The number of aliphatic imine (C=N–C) groups is 4. The minimum Gasteiger partial charge on any atom is -0.493 e. The van der Waals surface area contributed by atoms with Crippen LogP contribution in [0.1, 0.15) is 101 Å². The summed E-state index contributed by atoms with van der Waals surface area (Å²) in [5.74, 6) is 3.08. The van der Waals surface area contributed by atoms with Gasteiger partial charge in [-0.3, -0.25) is 0 Å². The molecule has 8 bridgehead atoms. The summed E-state index contributed by atoms with van der Waals surface area (Å²) in [6, 6.07) is 33.3. The van der Waals surface area contributed by atoms with E-state index in [1.165, 1.54) is 0 Å². The Bertz CT molecular complexity index is 2950. The van der Waals surface area contributed by atoms with E-state index in [4.69, 9.17) is 38.9 Å². The number of unbranched alkanes of at least 4 members (excludes halogenated alkanes) is 4. The molecule has 4 aromatic carbocycles. The van der Waals surface area contributed by atoms with E-state index in [9.17, 15) is 0 Å². The van der Waals surface area contributed by atoms with Gasteiger partial charge in [0.15, 0.2) is 0 Å².